The molecule has 0 radical (unpaired) electrons. The van der Waals surface area contributed by atoms with Crippen LogP contribution < -0.4 is 10.6 Å². The van der Waals surface area contributed by atoms with E-state index in [0.717, 1.165) is 6.07 Å². The van der Waals surface area contributed by atoms with Gasteiger partial charge in [-0.2, -0.15) is 0 Å². The average Bonchev–Trinajstić information content (AvgIpc) is 2.47. The zero-order valence-electron chi connectivity index (χ0n) is 13.4. The van der Waals surface area contributed by atoms with Crippen LogP contribution in [0.2, 0.25) is 0 Å². The van der Waals surface area contributed by atoms with Crippen molar-refractivity contribution in [2.45, 2.75) is 40.0 Å². The number of halogens is 1. The molecule has 1 aromatic rings. The number of anilines is 2. The zero-order chi connectivity index (χ0) is 17.6. The van der Waals surface area contributed by atoms with Crippen molar-refractivity contribution in [1.82, 2.24) is 0 Å². The number of aliphatic carboxylic acids is 1. The molecule has 3 N–H and O–H groups in total. The number of benzene rings is 1. The lowest BCUT2D eigenvalue weighted by molar-refractivity contribution is -0.151. The first-order valence-corrected chi connectivity index (χ1v) is 7.34. The van der Waals surface area contributed by atoms with Gasteiger partial charge in [-0.15, -0.1) is 0 Å². The maximum Gasteiger partial charge on any atom is 0.310 e. The van der Waals surface area contributed by atoms with Gasteiger partial charge in [0.15, 0.2) is 0 Å². The van der Waals surface area contributed by atoms with Gasteiger partial charge in [-0.3, -0.25) is 14.4 Å². The lowest BCUT2D eigenvalue weighted by atomic mass is 9.79. The molecule has 7 heteroatoms. The van der Waals surface area contributed by atoms with Gasteiger partial charge >= 0.3 is 5.97 Å². The fourth-order valence-corrected chi connectivity index (χ4v) is 2.28. The highest BCUT2D eigenvalue weighted by Gasteiger charge is 2.37. The topological polar surface area (TPSA) is 95.5 Å². The van der Waals surface area contributed by atoms with Crippen molar-refractivity contribution in [2.24, 2.45) is 5.41 Å². The van der Waals surface area contributed by atoms with E-state index >= 15 is 0 Å². The van der Waals surface area contributed by atoms with Crippen LogP contribution in [0.15, 0.2) is 18.2 Å². The third-order valence-corrected chi connectivity index (χ3v) is 3.87. The fourth-order valence-electron chi connectivity index (χ4n) is 2.28. The van der Waals surface area contributed by atoms with Gasteiger partial charge in [0, 0.05) is 19.0 Å². The Hall–Kier alpha value is -2.44. The van der Waals surface area contributed by atoms with Gasteiger partial charge in [0.2, 0.25) is 11.8 Å². The summed E-state index contributed by atoms with van der Waals surface area (Å²) in [6, 6.07) is 3.75. The molecule has 0 heterocycles. The van der Waals surface area contributed by atoms with Crippen molar-refractivity contribution in [3.63, 3.8) is 0 Å². The van der Waals surface area contributed by atoms with Crippen molar-refractivity contribution in [2.75, 3.05) is 10.6 Å². The number of hydrogen-bond acceptors (Lipinski definition) is 3. The molecule has 0 bridgehead atoms. The summed E-state index contributed by atoms with van der Waals surface area (Å²) in [6.07, 6.45) is 0.474. The summed E-state index contributed by atoms with van der Waals surface area (Å²) in [5, 5.41) is 14.2. The van der Waals surface area contributed by atoms with Crippen molar-refractivity contribution >= 4 is 29.2 Å². The summed E-state index contributed by atoms with van der Waals surface area (Å²) >= 11 is 0. The molecule has 0 fully saturated rings. The van der Waals surface area contributed by atoms with Crippen LogP contribution in [-0.2, 0) is 14.4 Å². The highest BCUT2D eigenvalue weighted by Crippen LogP contribution is 2.31. The molecule has 126 valence electrons. The highest BCUT2D eigenvalue weighted by molar-refractivity contribution is 5.95. The molecule has 6 nitrogen and oxygen atoms in total. The van der Waals surface area contributed by atoms with Crippen LogP contribution in [0.3, 0.4) is 0 Å². The van der Waals surface area contributed by atoms with Crippen molar-refractivity contribution < 1.29 is 23.9 Å². The van der Waals surface area contributed by atoms with Gasteiger partial charge in [0.05, 0.1) is 11.1 Å². The standard InChI is InChI=1S/C16H21FN2O4/c1-4-16(5-2,15(22)23)9-14(21)19-11-6-7-12(17)13(8-11)18-10(3)20/h6-8H,4-5,9H2,1-3H3,(H,18,20)(H,19,21)(H,22,23). The maximum absolute atomic E-state index is 13.5. The number of amides is 2. The van der Waals surface area contributed by atoms with Crippen molar-refractivity contribution in [3.8, 4) is 0 Å². The van der Waals surface area contributed by atoms with Crippen LogP contribution >= 0.6 is 0 Å². The van der Waals surface area contributed by atoms with Crippen LogP contribution in [0.25, 0.3) is 0 Å². The number of carbonyl (C=O) groups is 3. The molecule has 0 atom stereocenters. The van der Waals surface area contributed by atoms with Crippen LogP contribution in [0.5, 0.6) is 0 Å². The van der Waals surface area contributed by atoms with E-state index < -0.39 is 29.0 Å². The molecule has 0 unspecified atom stereocenters. The minimum absolute atomic E-state index is 0.0502. The summed E-state index contributed by atoms with van der Waals surface area (Å²) in [4.78, 5) is 34.5. The number of carboxylic acid groups (broad SMARTS) is 1. The summed E-state index contributed by atoms with van der Waals surface area (Å²) in [5.41, 5.74) is -0.887. The van der Waals surface area contributed by atoms with Crippen molar-refractivity contribution in [1.29, 1.82) is 0 Å². The Morgan fingerprint density at radius 1 is 1.17 bits per heavy atom. The van der Waals surface area contributed by atoms with Gasteiger partial charge in [0.1, 0.15) is 5.82 Å². The van der Waals surface area contributed by atoms with Crippen molar-refractivity contribution in [3.05, 3.63) is 24.0 Å². The number of carboxylic acids is 1. The Morgan fingerprint density at radius 3 is 2.26 bits per heavy atom. The van der Waals surface area contributed by atoms with E-state index in [0.29, 0.717) is 12.8 Å². The van der Waals surface area contributed by atoms with E-state index in [-0.39, 0.29) is 17.8 Å². The summed E-state index contributed by atoms with van der Waals surface area (Å²) < 4.78 is 13.5. The molecule has 0 saturated heterocycles. The third-order valence-electron chi connectivity index (χ3n) is 3.87. The molecule has 0 saturated carbocycles. The van der Waals surface area contributed by atoms with E-state index in [1.165, 1.54) is 19.1 Å². The third kappa shape index (κ3) is 4.77. The fraction of sp³-hybridized carbons (Fsp3) is 0.438. The minimum atomic E-state index is -1.12. The summed E-state index contributed by atoms with van der Waals surface area (Å²) in [7, 11) is 0. The molecular weight excluding hydrogens is 303 g/mol. The first-order chi connectivity index (χ1) is 10.7. The molecule has 1 aromatic carbocycles. The van der Waals surface area contributed by atoms with Crippen LogP contribution in [-0.4, -0.2) is 22.9 Å². The SMILES string of the molecule is CCC(CC)(CC(=O)Nc1ccc(F)c(NC(C)=O)c1)C(=O)O. The van der Waals surface area contributed by atoms with Gasteiger partial charge in [-0.05, 0) is 31.0 Å². The van der Waals surface area contributed by atoms with E-state index in [1.807, 2.05) is 0 Å². The molecule has 0 aliphatic heterocycles. The van der Waals surface area contributed by atoms with E-state index in [9.17, 15) is 23.9 Å². The number of hydrogen-bond donors (Lipinski definition) is 3. The van der Waals surface area contributed by atoms with Crippen LogP contribution in [0, 0.1) is 11.2 Å². The summed E-state index contributed by atoms with van der Waals surface area (Å²) in [6.45, 7) is 4.68. The predicted octanol–water partition coefficient (Wildman–Crippen LogP) is 3.00. The Labute approximate surface area is 134 Å². The average molecular weight is 324 g/mol. The molecule has 0 aliphatic carbocycles. The van der Waals surface area contributed by atoms with Gasteiger partial charge < -0.3 is 15.7 Å². The normalized spacial score (nSPS) is 11.0. The smallest absolute Gasteiger partial charge is 0.310 e. The van der Waals surface area contributed by atoms with Gasteiger partial charge in [0.25, 0.3) is 0 Å². The summed E-state index contributed by atoms with van der Waals surface area (Å²) in [5.74, 6) is -2.55. The predicted molar refractivity (Wildman–Crippen MR) is 84.6 cm³/mol. The van der Waals surface area contributed by atoms with Gasteiger partial charge in [-0.1, -0.05) is 13.8 Å². The first kappa shape index (κ1) is 18.6. The number of nitrogens with one attached hydrogen (secondary N) is 2. The Balaban J connectivity index is 2.89. The maximum atomic E-state index is 13.5. The van der Waals surface area contributed by atoms with Crippen LogP contribution in [0.1, 0.15) is 40.0 Å². The van der Waals surface area contributed by atoms with E-state index in [1.54, 1.807) is 13.8 Å². The largest absolute Gasteiger partial charge is 0.481 e. The molecule has 2 amide bonds. The Morgan fingerprint density at radius 2 is 1.78 bits per heavy atom. The highest BCUT2D eigenvalue weighted by atomic mass is 19.1. The van der Waals surface area contributed by atoms with Crippen LogP contribution in [0.4, 0.5) is 15.8 Å². The first-order valence-electron chi connectivity index (χ1n) is 7.34. The molecule has 23 heavy (non-hydrogen) atoms. The minimum Gasteiger partial charge on any atom is -0.481 e. The lowest BCUT2D eigenvalue weighted by Crippen LogP contribution is -2.34. The number of rotatable bonds is 7. The lowest BCUT2D eigenvalue weighted by Gasteiger charge is -2.25. The van der Waals surface area contributed by atoms with Gasteiger partial charge in [-0.25, -0.2) is 4.39 Å². The molecule has 0 spiro atoms. The second-order valence-corrected chi connectivity index (χ2v) is 5.39. The number of carbonyl (C=O) groups excluding carboxylic acids is 2. The Kier molecular flexibility index (Phi) is 6.24. The quantitative estimate of drug-likeness (QED) is 0.718. The molecule has 1 rings (SSSR count). The molecule has 0 aliphatic rings. The second kappa shape index (κ2) is 7.71. The molecule has 0 aromatic heterocycles. The van der Waals surface area contributed by atoms with E-state index in [2.05, 4.69) is 10.6 Å². The Bertz CT molecular complexity index is 612. The molecular formula is C16H21FN2O4. The van der Waals surface area contributed by atoms with E-state index in [4.69, 9.17) is 0 Å². The second-order valence-electron chi connectivity index (χ2n) is 5.39. The zero-order valence-corrected chi connectivity index (χ0v) is 13.4. The monoisotopic (exact) mass is 324 g/mol.